The normalized spacial score (nSPS) is 22.3. The second kappa shape index (κ2) is 8.95. The van der Waals surface area contributed by atoms with Crippen molar-refractivity contribution in [2.24, 2.45) is 10.9 Å². The number of nitrogens with one attached hydrogen (secondary N) is 1. The van der Waals surface area contributed by atoms with Crippen LogP contribution in [0, 0.1) is 5.92 Å². The van der Waals surface area contributed by atoms with Gasteiger partial charge < -0.3 is 19.5 Å². The van der Waals surface area contributed by atoms with Crippen molar-refractivity contribution in [3.8, 4) is 11.5 Å². The first-order valence-corrected chi connectivity index (χ1v) is 9.81. The van der Waals surface area contributed by atoms with Crippen molar-refractivity contribution in [3.63, 3.8) is 0 Å². The molecule has 8 nitrogen and oxygen atoms in total. The van der Waals surface area contributed by atoms with Crippen LogP contribution in [0.25, 0.3) is 0 Å². The first-order chi connectivity index (χ1) is 13.5. The fraction of sp³-hybridized carbons (Fsp3) is 0.550. The number of rotatable bonds is 5. The van der Waals surface area contributed by atoms with Gasteiger partial charge in [-0.1, -0.05) is 6.07 Å². The van der Waals surface area contributed by atoms with Gasteiger partial charge in [0.25, 0.3) is 0 Å². The number of hydrogen-bond donors (Lipinski definition) is 2. The second-order valence-corrected chi connectivity index (χ2v) is 6.82. The predicted octanol–water partition coefficient (Wildman–Crippen LogP) is 1.98. The van der Waals surface area contributed by atoms with Gasteiger partial charge >= 0.3 is 5.97 Å². The summed E-state index contributed by atoms with van der Waals surface area (Å²) >= 11 is 0. The number of carbonyl (C=O) groups excluding carboxylic acids is 2. The molecule has 0 spiro atoms. The predicted molar refractivity (Wildman–Crippen MR) is 103 cm³/mol. The highest BCUT2D eigenvalue weighted by molar-refractivity contribution is 6.08. The minimum Gasteiger partial charge on any atom is -0.504 e. The van der Waals surface area contributed by atoms with E-state index in [9.17, 15) is 14.7 Å². The fourth-order valence-electron chi connectivity index (χ4n) is 3.56. The Labute approximate surface area is 164 Å². The third-order valence-corrected chi connectivity index (χ3v) is 4.92. The minimum absolute atomic E-state index is 0.00113. The third kappa shape index (κ3) is 4.21. The van der Waals surface area contributed by atoms with Crippen LogP contribution in [0.1, 0.15) is 44.7 Å². The van der Waals surface area contributed by atoms with Crippen LogP contribution < -0.4 is 10.1 Å². The molecule has 0 radical (unpaired) electrons. The number of piperidine rings is 1. The lowest BCUT2D eigenvalue weighted by atomic mass is 9.91. The highest BCUT2D eigenvalue weighted by Gasteiger charge is 2.42. The molecule has 3 rings (SSSR count). The number of nitrogens with zero attached hydrogens (tertiary/aromatic N) is 2. The lowest BCUT2D eigenvalue weighted by molar-refractivity contribution is -0.153. The van der Waals surface area contributed by atoms with E-state index in [0.717, 1.165) is 32.4 Å². The summed E-state index contributed by atoms with van der Waals surface area (Å²) < 4.78 is 10.6. The summed E-state index contributed by atoms with van der Waals surface area (Å²) in [4.78, 5) is 32.1. The molecule has 1 aromatic rings. The molecule has 2 aliphatic heterocycles. The van der Waals surface area contributed by atoms with Crippen molar-refractivity contribution in [3.05, 3.63) is 23.8 Å². The van der Waals surface area contributed by atoms with E-state index in [1.54, 1.807) is 19.1 Å². The Morgan fingerprint density at radius 3 is 2.68 bits per heavy atom. The molecule has 1 saturated heterocycles. The van der Waals surface area contributed by atoms with E-state index in [2.05, 4.69) is 5.32 Å². The number of benzene rings is 1. The third-order valence-electron chi connectivity index (χ3n) is 4.92. The number of carbonyl (C=O) groups is 2. The standard InChI is InChI=1S/C20H27N3O5/c1-3-27-15-12-13(8-9-14(15)24)17-16(19(26)28-4-2)18(25)22-20(21-17)23-10-6-5-7-11-23/h8-9,12,16-17,24H,3-7,10-11H2,1-2H3,(H,21,22,25). The van der Waals surface area contributed by atoms with Crippen molar-refractivity contribution < 1.29 is 24.2 Å². The molecule has 2 atom stereocenters. The highest BCUT2D eigenvalue weighted by atomic mass is 16.5. The Bertz CT molecular complexity index is 758. The summed E-state index contributed by atoms with van der Waals surface area (Å²) in [5.74, 6) is -1.35. The quantitative estimate of drug-likeness (QED) is 0.590. The van der Waals surface area contributed by atoms with E-state index in [1.807, 2.05) is 11.8 Å². The molecule has 2 unspecified atom stereocenters. The lowest BCUT2D eigenvalue weighted by Gasteiger charge is -2.35. The molecular weight excluding hydrogens is 362 g/mol. The molecule has 2 aliphatic rings. The summed E-state index contributed by atoms with van der Waals surface area (Å²) in [6, 6.07) is 4.03. The first kappa shape index (κ1) is 20.0. The van der Waals surface area contributed by atoms with Crippen LogP contribution in [-0.4, -0.2) is 54.1 Å². The van der Waals surface area contributed by atoms with Crippen molar-refractivity contribution in [1.82, 2.24) is 10.2 Å². The van der Waals surface area contributed by atoms with Gasteiger partial charge in [-0.25, -0.2) is 4.99 Å². The van der Waals surface area contributed by atoms with Gasteiger partial charge in [0.15, 0.2) is 17.4 Å². The van der Waals surface area contributed by atoms with E-state index >= 15 is 0 Å². The maximum absolute atomic E-state index is 12.8. The second-order valence-electron chi connectivity index (χ2n) is 6.82. The number of aliphatic imine (C=N–C) groups is 1. The summed E-state index contributed by atoms with van der Waals surface area (Å²) in [5.41, 5.74) is 0.615. The Morgan fingerprint density at radius 1 is 1.25 bits per heavy atom. The highest BCUT2D eigenvalue weighted by Crippen LogP contribution is 2.36. The number of ether oxygens (including phenoxy) is 2. The van der Waals surface area contributed by atoms with Crippen LogP contribution in [-0.2, 0) is 14.3 Å². The number of amides is 1. The fourth-order valence-corrected chi connectivity index (χ4v) is 3.56. The molecule has 2 N–H and O–H groups in total. The molecule has 1 amide bonds. The Kier molecular flexibility index (Phi) is 6.38. The first-order valence-electron chi connectivity index (χ1n) is 9.81. The number of phenols is 1. The lowest BCUT2D eigenvalue weighted by Crippen LogP contribution is -2.53. The van der Waals surface area contributed by atoms with Gasteiger partial charge in [-0.3, -0.25) is 14.9 Å². The molecular formula is C20H27N3O5. The van der Waals surface area contributed by atoms with Gasteiger partial charge in [-0.2, -0.15) is 0 Å². The zero-order valence-electron chi connectivity index (χ0n) is 16.3. The largest absolute Gasteiger partial charge is 0.504 e. The van der Waals surface area contributed by atoms with E-state index in [1.165, 1.54) is 6.07 Å². The van der Waals surface area contributed by atoms with Crippen molar-refractivity contribution in [2.45, 2.75) is 39.2 Å². The molecule has 2 heterocycles. The van der Waals surface area contributed by atoms with Gasteiger partial charge in [-0.05, 0) is 50.8 Å². The smallest absolute Gasteiger partial charge is 0.321 e. The van der Waals surface area contributed by atoms with Crippen molar-refractivity contribution in [1.29, 1.82) is 0 Å². The zero-order chi connectivity index (χ0) is 20.1. The number of hydrogen-bond acceptors (Lipinski definition) is 7. The SMILES string of the molecule is CCOC(=O)C1C(=O)NC(N2CCCCC2)=NC1c1ccc(O)c(OCC)c1. The van der Waals surface area contributed by atoms with Gasteiger partial charge in [0, 0.05) is 13.1 Å². The monoisotopic (exact) mass is 389 g/mol. The van der Waals surface area contributed by atoms with Gasteiger partial charge in [0.2, 0.25) is 11.9 Å². The Hall–Kier alpha value is -2.77. The summed E-state index contributed by atoms with van der Waals surface area (Å²) in [6.07, 6.45) is 3.23. The van der Waals surface area contributed by atoms with Crippen molar-refractivity contribution >= 4 is 17.8 Å². The Balaban J connectivity index is 2.00. The molecule has 1 fully saturated rings. The number of aromatic hydroxyl groups is 1. The molecule has 0 aliphatic carbocycles. The molecule has 0 bridgehead atoms. The van der Waals surface area contributed by atoms with Crippen LogP contribution in [0.15, 0.2) is 23.2 Å². The Morgan fingerprint density at radius 2 is 2.00 bits per heavy atom. The minimum atomic E-state index is -1.09. The van der Waals surface area contributed by atoms with E-state index < -0.39 is 23.8 Å². The van der Waals surface area contributed by atoms with Crippen molar-refractivity contribution in [2.75, 3.05) is 26.3 Å². The number of likely N-dealkylation sites (tertiary alicyclic amines) is 1. The maximum atomic E-state index is 12.8. The molecule has 0 aromatic heterocycles. The molecule has 1 aromatic carbocycles. The molecule has 152 valence electrons. The average Bonchev–Trinajstić information content (AvgIpc) is 2.70. The number of guanidine groups is 1. The van der Waals surface area contributed by atoms with E-state index in [0.29, 0.717) is 23.9 Å². The molecule has 8 heteroatoms. The van der Waals surface area contributed by atoms with Gasteiger partial charge in [0.1, 0.15) is 6.04 Å². The van der Waals surface area contributed by atoms with E-state index in [4.69, 9.17) is 14.5 Å². The molecule has 0 saturated carbocycles. The molecule has 28 heavy (non-hydrogen) atoms. The number of esters is 1. The topological polar surface area (TPSA) is 100 Å². The average molecular weight is 389 g/mol. The van der Waals surface area contributed by atoms with Crippen LogP contribution >= 0.6 is 0 Å². The van der Waals surface area contributed by atoms with Gasteiger partial charge in [-0.15, -0.1) is 0 Å². The van der Waals surface area contributed by atoms with Gasteiger partial charge in [0.05, 0.1) is 13.2 Å². The van der Waals surface area contributed by atoms with Crippen LogP contribution in [0.4, 0.5) is 0 Å². The summed E-state index contributed by atoms with van der Waals surface area (Å²) in [6.45, 7) is 5.70. The van der Waals surface area contributed by atoms with Crippen LogP contribution in [0.2, 0.25) is 0 Å². The summed E-state index contributed by atoms with van der Waals surface area (Å²) in [7, 11) is 0. The van der Waals surface area contributed by atoms with Crippen LogP contribution in [0.3, 0.4) is 0 Å². The van der Waals surface area contributed by atoms with E-state index in [-0.39, 0.29) is 12.4 Å². The zero-order valence-corrected chi connectivity index (χ0v) is 16.3. The van der Waals surface area contributed by atoms with Crippen LogP contribution in [0.5, 0.6) is 11.5 Å². The number of phenolic OH excluding ortho intramolecular Hbond substituents is 1. The maximum Gasteiger partial charge on any atom is 0.321 e. The summed E-state index contributed by atoms with van der Waals surface area (Å²) in [5, 5.41) is 12.8.